The van der Waals surface area contributed by atoms with Crippen molar-refractivity contribution >= 4 is 226 Å². The topological polar surface area (TPSA) is 220 Å². The number of rotatable bonds is 22. The fourth-order valence-corrected chi connectivity index (χ4v) is 22.9. The third kappa shape index (κ3) is 27.9. The van der Waals surface area contributed by atoms with E-state index in [4.69, 9.17) is 83.0 Å². The van der Waals surface area contributed by atoms with Crippen molar-refractivity contribution in [2.24, 2.45) is 42.7 Å². The summed E-state index contributed by atoms with van der Waals surface area (Å²) in [5, 5.41) is 16.4. The Labute approximate surface area is 909 Å². The number of amides is 5. The van der Waals surface area contributed by atoms with E-state index >= 15 is 0 Å². The molecule has 0 spiro atoms. The summed E-state index contributed by atoms with van der Waals surface area (Å²) in [7, 11) is 0. The highest BCUT2D eigenvalue weighted by Crippen LogP contribution is 2.49. The van der Waals surface area contributed by atoms with Crippen LogP contribution in [0.2, 0.25) is 23.7 Å². The van der Waals surface area contributed by atoms with E-state index in [1.165, 1.54) is 142 Å². The van der Waals surface area contributed by atoms with Gasteiger partial charge in [0, 0.05) is 165 Å². The highest BCUT2D eigenvalue weighted by Gasteiger charge is 2.30. The van der Waals surface area contributed by atoms with Gasteiger partial charge in [0.05, 0.1) is 86.1 Å². The van der Waals surface area contributed by atoms with E-state index < -0.39 is 0 Å². The molecule has 0 unspecified atom stereocenters. The molecule has 15 aromatic rings. The fraction of sp³-hybridized carbons (Fsp3) is 0.174. The van der Waals surface area contributed by atoms with Crippen LogP contribution in [0.25, 0.3) is 0 Å². The smallest absolute Gasteiger partial charge is 0.251 e. The number of unbranched alkanes of at least 4 members (excludes halogenated alkanes) is 2. The number of fused-ring (bicyclic) bond motifs is 10. The SMILES string of the molecule is CC(C)CNC(=O)c1ccc2c(c1)N=C(c1ccc(Cl)cc1)c1ccc(F)cc1S2.CC(C)CNC(=O)c1ccc2c(c1)N=C(c1ccc(Cl)cn1)c1ccc(F)cc1S2.CC(C)CNC(=O)c1ccc2c(c1)N=C(c1ccc(Cl)s1)c1ccc(F)cc1S2.CCCCNC(=O)c1ccc2c(c1)N=C(c1ccc(Cl)cc1)c1ccc(F)cc1S2.CCCCNC(=O)c1ccc2c(c1)N=C(c1ccc(Cl)s1)c1ccc(F)cc1S2. The fourth-order valence-electron chi connectivity index (χ4n) is 15.3. The summed E-state index contributed by atoms with van der Waals surface area (Å²) in [4.78, 5) is 101. The molecule has 5 amide bonds. The molecule has 3 aromatic heterocycles. The number of hydrogen-bond acceptors (Lipinski definition) is 18. The van der Waals surface area contributed by atoms with E-state index in [1.54, 1.807) is 134 Å². The highest BCUT2D eigenvalue weighted by molar-refractivity contribution is 8.00. The maximum Gasteiger partial charge on any atom is 0.251 e. The number of thiophene rings is 2. The maximum atomic E-state index is 14.0. The molecule has 20 rings (SSSR count). The molecule has 5 aliphatic heterocycles. The van der Waals surface area contributed by atoms with Gasteiger partial charge in [-0.15, -0.1) is 22.7 Å². The molecule has 0 atom stereocenters. The zero-order valence-corrected chi connectivity index (χ0v) is 90.4. The molecule has 0 saturated carbocycles. The molecule has 148 heavy (non-hydrogen) atoms. The van der Waals surface area contributed by atoms with Gasteiger partial charge in [0.1, 0.15) is 29.1 Å². The Morgan fingerprint density at radius 1 is 0.284 bits per heavy atom. The Bertz CT molecular complexity index is 7550. The summed E-state index contributed by atoms with van der Waals surface area (Å²) in [6.45, 7) is 19.5. The van der Waals surface area contributed by atoms with Crippen LogP contribution in [0, 0.1) is 46.8 Å². The number of aromatic nitrogens is 1. The van der Waals surface area contributed by atoms with Gasteiger partial charge in [0.15, 0.2) is 0 Å². The van der Waals surface area contributed by atoms with E-state index in [2.05, 4.69) is 45.4 Å². The zero-order chi connectivity index (χ0) is 105. The molecular formula is C115H95Cl5F5N11O5S7. The van der Waals surface area contributed by atoms with Crippen LogP contribution in [0.4, 0.5) is 50.4 Å². The second-order valence-electron chi connectivity index (χ2n) is 35.5. The van der Waals surface area contributed by atoms with Crippen LogP contribution in [0.1, 0.15) is 187 Å². The molecule has 0 aliphatic carbocycles. The number of pyridine rings is 1. The predicted molar refractivity (Wildman–Crippen MR) is 598 cm³/mol. The zero-order valence-electron chi connectivity index (χ0n) is 80.9. The van der Waals surface area contributed by atoms with Crippen LogP contribution < -0.4 is 26.6 Å². The highest BCUT2D eigenvalue weighted by atomic mass is 35.5. The van der Waals surface area contributed by atoms with E-state index in [9.17, 15) is 45.9 Å². The number of carbonyl (C=O) groups is 5. The van der Waals surface area contributed by atoms with Crippen molar-refractivity contribution in [1.29, 1.82) is 0 Å². The molecule has 5 aliphatic rings. The van der Waals surface area contributed by atoms with E-state index in [0.29, 0.717) is 148 Å². The van der Waals surface area contributed by atoms with Gasteiger partial charge in [-0.1, -0.05) is 209 Å². The Hall–Kier alpha value is -12.3. The van der Waals surface area contributed by atoms with Crippen LogP contribution in [0.15, 0.2) is 347 Å². The molecule has 8 heterocycles. The maximum absolute atomic E-state index is 14.0. The first kappa shape index (κ1) is 108. The van der Waals surface area contributed by atoms with E-state index in [-0.39, 0.29) is 58.6 Å². The monoisotopic (exact) mass is 2200 g/mol. The van der Waals surface area contributed by atoms with Crippen LogP contribution >= 0.6 is 139 Å². The molecule has 0 bridgehead atoms. The number of nitrogens with zero attached hydrogens (tertiary/aromatic N) is 6. The van der Waals surface area contributed by atoms with Crippen molar-refractivity contribution in [1.82, 2.24) is 31.6 Å². The number of aliphatic imine (C=N–C) groups is 5. The summed E-state index contributed by atoms with van der Waals surface area (Å²) in [5.41, 5.74) is 16.1. The van der Waals surface area contributed by atoms with Crippen molar-refractivity contribution < 1.29 is 45.9 Å². The van der Waals surface area contributed by atoms with Crippen LogP contribution in [-0.2, 0) is 0 Å². The van der Waals surface area contributed by atoms with Gasteiger partial charge in [-0.25, -0.2) is 46.9 Å². The van der Waals surface area contributed by atoms with Crippen molar-refractivity contribution in [3.05, 3.63) is 408 Å². The number of nitrogens with one attached hydrogen (secondary N) is 5. The summed E-state index contributed by atoms with van der Waals surface area (Å²) in [5.74, 6) is -1.07. The number of benzene rings is 12. The molecule has 5 N–H and O–H groups in total. The van der Waals surface area contributed by atoms with Gasteiger partial charge in [0.2, 0.25) is 0 Å². The lowest BCUT2D eigenvalue weighted by molar-refractivity contribution is 0.0941. The lowest BCUT2D eigenvalue weighted by Gasteiger charge is -2.09. The standard InChI is InChI=1S/2C24H20ClFN2OS.C23H19ClFN3OS.2C22H18ClFN2OS2/c1-14(2)13-27-24(29)16-5-10-21-20(11-16)28-23(15-3-6-17(25)7-4-15)19-9-8-18(26)12-22(19)30-21;1-2-3-12-27-24(29)16-6-11-21-20(13-16)28-23(15-4-7-17(25)8-5-15)19-10-9-18(26)14-22(19)30-21;1-13(2)11-27-23(29)14-3-8-20-19(9-14)28-22(18-7-4-15(24)12-26-18)17-6-5-16(25)10-21(17)30-20;1-12(2)11-25-22(27)13-3-6-17-16(9-13)26-21(18-7-8-20(23)29-18)15-5-4-14(24)10-19(15)28-17;1-2-3-10-25-22(27)13-4-7-17-16(11-13)26-21(18-8-9-20(23)29-18)15-6-5-14(24)12-19(15)28-17/h3-12,14H,13H2,1-2H3,(H,27,29);4-11,13-14H,2-3,12H2,1H3,(H,27,29);3-10,12-13H,11H2,1-2H3,(H,27,29);3-10,12H,11H2,1-2H3,(H,25,27);4-9,11-12H,2-3,10H2,1H3,(H,25,27). The second kappa shape index (κ2) is 50.4. The Kier molecular flexibility index (Phi) is 36.9. The molecule has 0 radical (unpaired) electrons. The van der Waals surface area contributed by atoms with Crippen molar-refractivity contribution in [2.45, 2.75) is 130 Å². The molecule has 12 aromatic carbocycles. The summed E-state index contributed by atoms with van der Waals surface area (Å²) < 4.78 is 71.1. The number of hydrogen-bond donors (Lipinski definition) is 5. The molecule has 0 fully saturated rings. The third-order valence-electron chi connectivity index (χ3n) is 22.8. The quantitative estimate of drug-likeness (QED) is 0.0317. The van der Waals surface area contributed by atoms with Gasteiger partial charge in [-0.2, -0.15) is 0 Å². The first-order valence-corrected chi connectivity index (χ1v) is 55.0. The lowest BCUT2D eigenvalue weighted by Crippen LogP contribution is -2.27. The number of halogens is 10. The first-order valence-electron chi connectivity index (χ1n) is 47.4. The average Bonchev–Trinajstić information content (AvgIpc) is 1.65. The van der Waals surface area contributed by atoms with E-state index in [1.807, 2.05) is 120 Å². The van der Waals surface area contributed by atoms with Crippen LogP contribution in [0.3, 0.4) is 0 Å². The summed E-state index contributed by atoms with van der Waals surface area (Å²) in [6.07, 6.45) is 5.47. The molecule has 16 nitrogen and oxygen atoms in total. The van der Waals surface area contributed by atoms with Crippen molar-refractivity contribution in [3.8, 4) is 0 Å². The minimum atomic E-state index is -0.321. The van der Waals surface area contributed by atoms with E-state index in [0.717, 1.165) is 140 Å². The molecule has 0 saturated heterocycles. The molecular weight excluding hydrogens is 2110 g/mol. The van der Waals surface area contributed by atoms with Gasteiger partial charge >= 0.3 is 0 Å². The number of carbonyl (C=O) groups excluding carboxylic acids is 5. The van der Waals surface area contributed by atoms with Gasteiger partial charge in [-0.05, 0) is 273 Å². The Morgan fingerprint density at radius 3 is 0.811 bits per heavy atom. The first-order chi connectivity index (χ1) is 71.3. The van der Waals surface area contributed by atoms with Crippen molar-refractivity contribution in [2.75, 3.05) is 32.7 Å². The average molecular weight is 2210 g/mol. The minimum Gasteiger partial charge on any atom is -0.352 e. The van der Waals surface area contributed by atoms with Gasteiger partial charge < -0.3 is 26.6 Å². The lowest BCUT2D eigenvalue weighted by atomic mass is 10.0. The summed E-state index contributed by atoms with van der Waals surface area (Å²) in [6, 6.07) is 76.3. The Balaban J connectivity index is 0.000000132. The van der Waals surface area contributed by atoms with Gasteiger partial charge in [-0.3, -0.25) is 29.0 Å². The predicted octanol–water partition coefficient (Wildman–Crippen LogP) is 32.3. The van der Waals surface area contributed by atoms with Crippen molar-refractivity contribution in [3.63, 3.8) is 0 Å². The Morgan fingerprint density at radius 2 is 0.547 bits per heavy atom. The molecule has 752 valence electrons. The van der Waals surface area contributed by atoms with Crippen LogP contribution in [-0.4, -0.2) is 95.8 Å². The van der Waals surface area contributed by atoms with Crippen LogP contribution in [0.5, 0.6) is 0 Å². The second-order valence-corrected chi connectivity index (χ2v) is 45.7. The largest absolute Gasteiger partial charge is 0.352 e. The third-order valence-corrected chi connectivity index (χ3v) is 31.6. The minimum absolute atomic E-state index is 0.116. The normalized spacial score (nSPS) is 12.6. The molecule has 33 heteroatoms. The summed E-state index contributed by atoms with van der Waals surface area (Å²) >= 11 is 40.4. The van der Waals surface area contributed by atoms with Gasteiger partial charge in [0.25, 0.3) is 29.5 Å².